The molecule has 2 N–H and O–H groups in total. The summed E-state index contributed by atoms with van der Waals surface area (Å²) in [6.07, 6.45) is 6.05. The van der Waals surface area contributed by atoms with Gasteiger partial charge in [0, 0.05) is 6.04 Å². The highest BCUT2D eigenvalue weighted by Gasteiger charge is 2.55. The van der Waals surface area contributed by atoms with Crippen molar-refractivity contribution in [2.75, 3.05) is 7.11 Å². The summed E-state index contributed by atoms with van der Waals surface area (Å²) in [6, 6.07) is 11.0. The molecule has 5 rings (SSSR count). The Morgan fingerprint density at radius 1 is 1.09 bits per heavy atom. The zero-order chi connectivity index (χ0) is 22.7. The van der Waals surface area contributed by atoms with E-state index in [1.807, 2.05) is 31.2 Å². The van der Waals surface area contributed by atoms with Crippen molar-refractivity contribution in [3.05, 3.63) is 53.1 Å². The van der Waals surface area contributed by atoms with Gasteiger partial charge in [-0.3, -0.25) is 0 Å². The number of ether oxygens (including phenoxy) is 1. The number of benzene rings is 2. The van der Waals surface area contributed by atoms with E-state index in [0.29, 0.717) is 28.4 Å². The van der Waals surface area contributed by atoms with E-state index >= 15 is 0 Å². The molecule has 0 bridgehead atoms. The Morgan fingerprint density at radius 2 is 1.84 bits per heavy atom. The Balaban J connectivity index is 1.40. The fraction of sp³-hybridized carbons (Fsp3) is 0.538. The van der Waals surface area contributed by atoms with Gasteiger partial charge in [0.1, 0.15) is 0 Å². The van der Waals surface area contributed by atoms with Crippen molar-refractivity contribution in [3.8, 4) is 11.5 Å². The molecule has 5 nitrogen and oxygen atoms in total. The maximum atomic E-state index is 13.1. The Labute approximate surface area is 191 Å². The van der Waals surface area contributed by atoms with E-state index in [-0.39, 0.29) is 17.2 Å². The van der Waals surface area contributed by atoms with Crippen LogP contribution in [0.5, 0.6) is 11.5 Å². The Morgan fingerprint density at radius 3 is 2.56 bits per heavy atom. The molecular formula is C26H33NO4S. The van der Waals surface area contributed by atoms with Gasteiger partial charge in [-0.2, -0.15) is 0 Å². The number of phenolic OH excluding ortho intramolecular Hbond substituents is 1. The first-order valence-electron chi connectivity index (χ1n) is 11.7. The molecule has 172 valence electrons. The molecule has 0 radical (unpaired) electrons. The molecular weight excluding hydrogens is 422 g/mol. The van der Waals surface area contributed by atoms with Crippen molar-refractivity contribution in [1.29, 1.82) is 0 Å². The third kappa shape index (κ3) is 3.43. The number of phenols is 1. The number of aromatic hydroxyl groups is 1. The summed E-state index contributed by atoms with van der Waals surface area (Å²) in [7, 11) is -1.94. The number of fused-ring (bicyclic) bond motifs is 5. The topological polar surface area (TPSA) is 75.6 Å². The maximum absolute atomic E-state index is 13.1. The number of rotatable bonds is 4. The van der Waals surface area contributed by atoms with Crippen molar-refractivity contribution in [3.63, 3.8) is 0 Å². The zero-order valence-electron chi connectivity index (χ0n) is 19.1. The highest BCUT2D eigenvalue weighted by Crippen LogP contribution is 2.61. The monoisotopic (exact) mass is 455 g/mol. The van der Waals surface area contributed by atoms with E-state index in [9.17, 15) is 13.5 Å². The van der Waals surface area contributed by atoms with Gasteiger partial charge in [-0.15, -0.1) is 0 Å². The van der Waals surface area contributed by atoms with Crippen molar-refractivity contribution in [2.24, 2.45) is 17.3 Å². The van der Waals surface area contributed by atoms with Crippen LogP contribution in [-0.2, 0) is 16.4 Å². The fourth-order valence-electron chi connectivity index (χ4n) is 6.92. The molecule has 2 saturated carbocycles. The third-order valence-corrected chi connectivity index (χ3v) is 10.1. The second-order valence-electron chi connectivity index (χ2n) is 10.2. The Kier molecular flexibility index (Phi) is 5.29. The van der Waals surface area contributed by atoms with E-state index in [2.05, 4.69) is 11.6 Å². The van der Waals surface area contributed by atoms with Gasteiger partial charge in [-0.05, 0) is 104 Å². The van der Waals surface area contributed by atoms with Crippen LogP contribution < -0.4 is 9.46 Å². The number of aryl methyl sites for hydroxylation is 2. The molecule has 2 aromatic carbocycles. The van der Waals surface area contributed by atoms with Crippen LogP contribution >= 0.6 is 0 Å². The highest BCUT2D eigenvalue weighted by atomic mass is 32.2. The van der Waals surface area contributed by atoms with Gasteiger partial charge in [0.25, 0.3) is 0 Å². The molecule has 32 heavy (non-hydrogen) atoms. The first-order chi connectivity index (χ1) is 15.2. The zero-order valence-corrected chi connectivity index (χ0v) is 19.9. The normalized spacial score (nSPS) is 31.5. The Bertz CT molecular complexity index is 1130. The lowest BCUT2D eigenvalue weighted by Crippen LogP contribution is -2.50. The third-order valence-electron chi connectivity index (χ3n) is 8.65. The lowest BCUT2D eigenvalue weighted by Gasteiger charge is -2.51. The molecule has 5 atom stereocenters. The average molecular weight is 456 g/mol. The molecule has 3 aliphatic carbocycles. The average Bonchev–Trinajstić information content (AvgIpc) is 3.09. The Hall–Kier alpha value is -2.05. The summed E-state index contributed by atoms with van der Waals surface area (Å²) in [4.78, 5) is 0.349. The molecule has 0 aromatic heterocycles. The van der Waals surface area contributed by atoms with Gasteiger partial charge < -0.3 is 9.84 Å². The largest absolute Gasteiger partial charge is 0.504 e. The van der Waals surface area contributed by atoms with Crippen molar-refractivity contribution >= 4 is 10.0 Å². The van der Waals surface area contributed by atoms with E-state index in [4.69, 9.17) is 4.74 Å². The van der Waals surface area contributed by atoms with Gasteiger partial charge in [0.15, 0.2) is 11.5 Å². The van der Waals surface area contributed by atoms with Crippen LogP contribution in [0.25, 0.3) is 0 Å². The van der Waals surface area contributed by atoms with E-state index < -0.39 is 10.0 Å². The molecule has 0 saturated heterocycles. The quantitative estimate of drug-likeness (QED) is 0.687. The lowest BCUT2D eigenvalue weighted by molar-refractivity contribution is 0.0461. The van der Waals surface area contributed by atoms with Gasteiger partial charge in [0.2, 0.25) is 10.0 Å². The fourth-order valence-corrected chi connectivity index (χ4v) is 8.31. The van der Waals surface area contributed by atoms with Crippen LogP contribution in [0, 0.1) is 24.2 Å². The summed E-state index contributed by atoms with van der Waals surface area (Å²) < 4.78 is 34.7. The van der Waals surface area contributed by atoms with Crippen LogP contribution in [-0.4, -0.2) is 26.7 Å². The number of methoxy groups -OCH3 is 1. The van der Waals surface area contributed by atoms with E-state index in [1.165, 1.54) is 11.1 Å². The van der Waals surface area contributed by atoms with Crippen molar-refractivity contribution in [1.82, 2.24) is 4.72 Å². The summed E-state index contributed by atoms with van der Waals surface area (Å²) in [5.41, 5.74) is 3.58. The van der Waals surface area contributed by atoms with E-state index in [0.717, 1.165) is 44.1 Å². The minimum Gasteiger partial charge on any atom is -0.504 e. The van der Waals surface area contributed by atoms with E-state index in [1.54, 1.807) is 19.2 Å². The molecule has 0 heterocycles. The van der Waals surface area contributed by atoms with Crippen LogP contribution in [0.1, 0.15) is 61.6 Å². The molecule has 2 fully saturated rings. The second-order valence-corrected chi connectivity index (χ2v) is 12.0. The standard InChI is InChI=1S/C26H33NO4S/c1-16-4-7-18(8-5-16)32(29,30)27-25-11-10-22-20-9-6-17-14-23(28)24(31-3)15-21(17)19(20)12-13-26(22,25)2/h4-5,7-8,14-15,19-20,22,25,27-28H,6,9-13H2,1-3H3/t19?,20?,22?,25-,26-/m0/s1. The van der Waals surface area contributed by atoms with Gasteiger partial charge in [-0.1, -0.05) is 24.6 Å². The van der Waals surface area contributed by atoms with Crippen molar-refractivity contribution in [2.45, 2.75) is 69.2 Å². The van der Waals surface area contributed by atoms with Crippen LogP contribution in [0.2, 0.25) is 0 Å². The second kappa shape index (κ2) is 7.77. The molecule has 2 aromatic rings. The van der Waals surface area contributed by atoms with Crippen LogP contribution in [0.3, 0.4) is 0 Å². The molecule has 0 aliphatic heterocycles. The molecule has 6 heteroatoms. The van der Waals surface area contributed by atoms with Crippen LogP contribution in [0.15, 0.2) is 41.3 Å². The number of hydrogen-bond donors (Lipinski definition) is 2. The smallest absolute Gasteiger partial charge is 0.240 e. The summed E-state index contributed by atoms with van der Waals surface area (Å²) in [5.74, 6) is 2.27. The molecule has 3 aliphatic rings. The molecule has 0 spiro atoms. The molecule has 0 amide bonds. The number of nitrogens with one attached hydrogen (secondary N) is 1. The van der Waals surface area contributed by atoms with Gasteiger partial charge in [0.05, 0.1) is 12.0 Å². The first kappa shape index (κ1) is 21.8. The SMILES string of the molecule is COc1cc2c(cc1O)CCC1C2CC[C@@]2(C)C1CC[C@@H]2NS(=O)(=O)c1ccc(C)cc1. The minimum absolute atomic E-state index is 0.0303. The lowest BCUT2D eigenvalue weighted by atomic mass is 9.55. The first-order valence-corrected chi connectivity index (χ1v) is 13.2. The van der Waals surface area contributed by atoms with Gasteiger partial charge >= 0.3 is 0 Å². The van der Waals surface area contributed by atoms with Gasteiger partial charge in [-0.25, -0.2) is 13.1 Å². The summed E-state index contributed by atoms with van der Waals surface area (Å²) >= 11 is 0. The number of hydrogen-bond acceptors (Lipinski definition) is 4. The minimum atomic E-state index is -3.54. The highest BCUT2D eigenvalue weighted by molar-refractivity contribution is 7.89. The summed E-state index contributed by atoms with van der Waals surface area (Å²) in [6.45, 7) is 4.26. The van der Waals surface area contributed by atoms with Crippen molar-refractivity contribution < 1.29 is 18.3 Å². The number of sulfonamides is 1. The van der Waals surface area contributed by atoms with Crippen LogP contribution in [0.4, 0.5) is 0 Å². The predicted octanol–water partition coefficient (Wildman–Crippen LogP) is 4.91. The summed E-state index contributed by atoms with van der Waals surface area (Å²) in [5, 5.41) is 10.2. The predicted molar refractivity (Wildman–Crippen MR) is 125 cm³/mol. The maximum Gasteiger partial charge on any atom is 0.240 e. The molecule has 3 unspecified atom stereocenters.